The van der Waals surface area contributed by atoms with E-state index in [0.29, 0.717) is 5.75 Å². The molecule has 2 unspecified atom stereocenters. The van der Waals surface area contributed by atoms with Gasteiger partial charge < -0.3 is 19.4 Å². The molecule has 2 aromatic carbocycles. The largest absolute Gasteiger partial charge is 0.497 e. The van der Waals surface area contributed by atoms with E-state index in [2.05, 4.69) is 10.3 Å². The molecule has 9 heteroatoms. The van der Waals surface area contributed by atoms with Crippen molar-refractivity contribution in [3.63, 3.8) is 0 Å². The second kappa shape index (κ2) is 13.1. The number of carbonyl (C=O) groups excluding carboxylic acids is 1. The Balaban J connectivity index is 1.60. The molecule has 0 aliphatic heterocycles. The molecule has 5 rings (SSSR count). The zero-order chi connectivity index (χ0) is 28.9. The van der Waals surface area contributed by atoms with Gasteiger partial charge in [0.05, 0.1) is 12.7 Å². The smallest absolute Gasteiger partial charge is 0.243 e. The molecule has 1 N–H and O–H groups in total. The van der Waals surface area contributed by atoms with Gasteiger partial charge in [0, 0.05) is 37.2 Å². The first-order chi connectivity index (χ1) is 19.9. The first-order valence-corrected chi connectivity index (χ1v) is 14.6. The van der Waals surface area contributed by atoms with Crippen LogP contribution in [-0.4, -0.2) is 35.7 Å². The van der Waals surface area contributed by atoms with Crippen LogP contribution in [0.25, 0.3) is 11.4 Å². The SMILES string of the molecule is COc1ccc(C(OC)c2ccc(F)c(F)c2-c2nccn2C(C(=O)NC2CCCCC2)C2CCCCC2)c(F)c1. The Bertz CT molecular complexity index is 1350. The number of nitrogens with zero attached hydrogens (tertiary/aromatic N) is 2. The van der Waals surface area contributed by atoms with Crippen LogP contribution in [0.5, 0.6) is 5.75 Å². The molecule has 3 aromatic rings. The van der Waals surface area contributed by atoms with Crippen molar-refractivity contribution in [2.24, 2.45) is 5.92 Å². The van der Waals surface area contributed by atoms with E-state index < -0.39 is 29.6 Å². The lowest BCUT2D eigenvalue weighted by molar-refractivity contribution is -0.127. The molecule has 2 aliphatic rings. The second-order valence-electron chi connectivity index (χ2n) is 11.2. The topological polar surface area (TPSA) is 65.4 Å². The standard InChI is InChI=1S/C32H38F3N3O3/c1-40-22-13-14-23(26(34)19-22)30(41-2)24-15-16-25(33)28(35)27(24)31-36-17-18-38(31)29(20-9-5-3-6-10-20)32(39)37-21-11-7-4-8-12-21/h13-21,29-30H,3-12H2,1-2H3,(H,37,39). The summed E-state index contributed by atoms with van der Waals surface area (Å²) in [6.07, 6.45) is 12.1. The first kappa shape index (κ1) is 29.2. The van der Waals surface area contributed by atoms with Gasteiger partial charge in [0.15, 0.2) is 11.6 Å². The van der Waals surface area contributed by atoms with Gasteiger partial charge in [-0.2, -0.15) is 0 Å². The lowest BCUT2D eigenvalue weighted by Gasteiger charge is -2.33. The number of carbonyl (C=O) groups is 1. The first-order valence-electron chi connectivity index (χ1n) is 14.6. The number of rotatable bonds is 9. The summed E-state index contributed by atoms with van der Waals surface area (Å²) in [4.78, 5) is 18.4. The van der Waals surface area contributed by atoms with Gasteiger partial charge in [-0.05, 0) is 55.4 Å². The lowest BCUT2D eigenvalue weighted by Crippen LogP contribution is -2.43. The van der Waals surface area contributed by atoms with Crippen LogP contribution >= 0.6 is 0 Å². The Hall–Kier alpha value is -3.33. The Morgan fingerprint density at radius 1 is 0.927 bits per heavy atom. The van der Waals surface area contributed by atoms with Gasteiger partial charge in [-0.3, -0.25) is 4.79 Å². The zero-order valence-electron chi connectivity index (χ0n) is 23.7. The molecule has 2 aliphatic carbocycles. The summed E-state index contributed by atoms with van der Waals surface area (Å²) in [5.74, 6) is -2.46. The zero-order valence-corrected chi connectivity index (χ0v) is 23.7. The molecule has 6 nitrogen and oxygen atoms in total. The average Bonchev–Trinajstić information content (AvgIpc) is 3.46. The summed E-state index contributed by atoms with van der Waals surface area (Å²) in [6.45, 7) is 0. The fourth-order valence-electron chi connectivity index (χ4n) is 6.56. The van der Waals surface area contributed by atoms with E-state index in [1.54, 1.807) is 16.8 Å². The molecule has 1 aromatic heterocycles. The number of benzene rings is 2. The molecule has 41 heavy (non-hydrogen) atoms. The molecule has 2 fully saturated rings. The Labute approximate surface area is 239 Å². The van der Waals surface area contributed by atoms with Crippen molar-refractivity contribution in [2.75, 3.05) is 14.2 Å². The van der Waals surface area contributed by atoms with Crippen LogP contribution < -0.4 is 10.1 Å². The maximum Gasteiger partial charge on any atom is 0.243 e. The highest BCUT2D eigenvalue weighted by Crippen LogP contribution is 2.41. The van der Waals surface area contributed by atoms with Crippen molar-refractivity contribution in [1.82, 2.24) is 14.9 Å². The maximum absolute atomic E-state index is 15.8. The maximum atomic E-state index is 15.8. The number of hydrogen-bond donors (Lipinski definition) is 1. The van der Waals surface area contributed by atoms with Crippen molar-refractivity contribution in [2.45, 2.75) is 82.4 Å². The van der Waals surface area contributed by atoms with Crippen LogP contribution in [0.15, 0.2) is 42.7 Å². The van der Waals surface area contributed by atoms with Crippen molar-refractivity contribution in [3.8, 4) is 17.1 Å². The molecule has 2 saturated carbocycles. The Morgan fingerprint density at radius 3 is 2.27 bits per heavy atom. The molecule has 2 atom stereocenters. The van der Waals surface area contributed by atoms with E-state index in [1.807, 2.05) is 0 Å². The van der Waals surface area contributed by atoms with Crippen molar-refractivity contribution in [3.05, 3.63) is 71.3 Å². The number of aromatic nitrogens is 2. The van der Waals surface area contributed by atoms with Crippen LogP contribution in [-0.2, 0) is 9.53 Å². The van der Waals surface area contributed by atoms with E-state index in [-0.39, 0.29) is 40.4 Å². The number of amides is 1. The molecule has 1 amide bonds. The molecule has 0 bridgehead atoms. The fraction of sp³-hybridized carbons (Fsp3) is 0.500. The van der Waals surface area contributed by atoms with Crippen LogP contribution in [0, 0.1) is 23.4 Å². The monoisotopic (exact) mass is 569 g/mol. The molecule has 220 valence electrons. The molecule has 0 radical (unpaired) electrons. The van der Waals surface area contributed by atoms with Gasteiger partial charge in [0.2, 0.25) is 5.91 Å². The summed E-state index contributed by atoms with van der Waals surface area (Å²) < 4.78 is 58.3. The van der Waals surface area contributed by atoms with Crippen molar-refractivity contribution < 1.29 is 27.4 Å². The van der Waals surface area contributed by atoms with Gasteiger partial charge in [-0.15, -0.1) is 0 Å². The minimum atomic E-state index is -1.12. The fourth-order valence-corrected chi connectivity index (χ4v) is 6.56. The summed E-state index contributed by atoms with van der Waals surface area (Å²) in [5.41, 5.74) is 0.193. The summed E-state index contributed by atoms with van der Waals surface area (Å²) in [7, 11) is 2.82. The predicted octanol–water partition coefficient (Wildman–Crippen LogP) is 7.28. The summed E-state index contributed by atoms with van der Waals surface area (Å²) >= 11 is 0. The molecule has 0 spiro atoms. The highest BCUT2D eigenvalue weighted by Gasteiger charge is 2.36. The number of nitrogens with one attached hydrogen (secondary N) is 1. The highest BCUT2D eigenvalue weighted by molar-refractivity contribution is 5.82. The van der Waals surface area contributed by atoms with Crippen LogP contribution in [0.2, 0.25) is 0 Å². The van der Waals surface area contributed by atoms with E-state index >= 15 is 8.78 Å². The lowest BCUT2D eigenvalue weighted by atomic mass is 9.82. The molecule has 1 heterocycles. The number of imidazole rings is 1. The summed E-state index contributed by atoms with van der Waals surface area (Å²) in [5, 5.41) is 3.26. The van der Waals surface area contributed by atoms with Gasteiger partial charge in [0.1, 0.15) is 29.5 Å². The van der Waals surface area contributed by atoms with Gasteiger partial charge in [0.25, 0.3) is 0 Å². The highest BCUT2D eigenvalue weighted by atomic mass is 19.2. The minimum absolute atomic E-state index is 0.0256. The van der Waals surface area contributed by atoms with Crippen LogP contribution in [0.1, 0.15) is 87.5 Å². The van der Waals surface area contributed by atoms with Gasteiger partial charge in [-0.1, -0.05) is 44.6 Å². The summed E-state index contributed by atoms with van der Waals surface area (Å²) in [6, 6.07) is 6.17. The number of methoxy groups -OCH3 is 2. The number of hydrogen-bond acceptors (Lipinski definition) is 4. The van der Waals surface area contributed by atoms with Gasteiger partial charge >= 0.3 is 0 Å². The van der Waals surface area contributed by atoms with E-state index in [1.165, 1.54) is 45.0 Å². The third-order valence-corrected chi connectivity index (χ3v) is 8.64. The van der Waals surface area contributed by atoms with Crippen molar-refractivity contribution in [1.29, 1.82) is 0 Å². The Morgan fingerprint density at radius 2 is 1.61 bits per heavy atom. The minimum Gasteiger partial charge on any atom is -0.497 e. The number of ether oxygens (including phenoxy) is 2. The Kier molecular flexibility index (Phi) is 9.32. The quantitative estimate of drug-likeness (QED) is 0.294. The van der Waals surface area contributed by atoms with E-state index in [0.717, 1.165) is 63.9 Å². The van der Waals surface area contributed by atoms with Crippen LogP contribution in [0.3, 0.4) is 0 Å². The predicted molar refractivity (Wildman–Crippen MR) is 150 cm³/mol. The van der Waals surface area contributed by atoms with Crippen molar-refractivity contribution >= 4 is 5.91 Å². The average molecular weight is 570 g/mol. The third kappa shape index (κ3) is 6.15. The normalized spacial score (nSPS) is 18.2. The molecule has 0 saturated heterocycles. The molecular weight excluding hydrogens is 531 g/mol. The van der Waals surface area contributed by atoms with Crippen LogP contribution in [0.4, 0.5) is 13.2 Å². The second-order valence-corrected chi connectivity index (χ2v) is 11.2. The van der Waals surface area contributed by atoms with Gasteiger partial charge in [-0.25, -0.2) is 18.2 Å². The van der Waals surface area contributed by atoms with E-state index in [9.17, 15) is 9.18 Å². The number of halogens is 3. The van der Waals surface area contributed by atoms with E-state index in [4.69, 9.17) is 9.47 Å². The third-order valence-electron chi connectivity index (χ3n) is 8.64. The molecular formula is C32H38F3N3O3.